The van der Waals surface area contributed by atoms with E-state index in [1.54, 1.807) is 0 Å². The van der Waals surface area contributed by atoms with E-state index in [4.69, 9.17) is 15.0 Å². The quantitative estimate of drug-likeness (QED) is 0.410. The fraction of sp³-hybridized carbons (Fsp3) is 0.500. The van der Waals surface area contributed by atoms with Gasteiger partial charge in [0.15, 0.2) is 0 Å². The summed E-state index contributed by atoms with van der Waals surface area (Å²) < 4.78 is 20.4. The molecule has 0 aromatic carbocycles. The lowest BCUT2D eigenvalue weighted by atomic mass is 10.2. The second kappa shape index (κ2) is 4.71. The molecule has 0 rings (SSSR count). The third-order valence-electron chi connectivity index (χ3n) is 0.488. The van der Waals surface area contributed by atoms with E-state index in [2.05, 4.69) is 5.73 Å². The average molecular weight is 153 g/mol. The Morgan fingerprint density at radius 1 is 1.80 bits per heavy atom. The van der Waals surface area contributed by atoms with Crippen molar-refractivity contribution in [3.8, 4) is 0 Å². The number of carboxylic acid groups (broad SMARTS) is 1. The first kappa shape index (κ1) is 5.63. The van der Waals surface area contributed by atoms with Crippen molar-refractivity contribution < 1.29 is 24.3 Å². The molecule has 0 radical (unpaired) electrons. The lowest BCUT2D eigenvalue weighted by molar-refractivity contribution is -0.140. The highest BCUT2D eigenvalue weighted by atomic mass is 16.4. The average Bonchev–Trinajstić information content (AvgIpc) is 1.86. The van der Waals surface area contributed by atoms with Crippen LogP contribution in [0.2, 0.25) is 0 Å². The summed E-state index contributed by atoms with van der Waals surface area (Å²) in [5.74, 6) is -3.53. The van der Waals surface area contributed by atoms with Crippen molar-refractivity contribution in [1.82, 2.24) is 0 Å². The number of nitrogens with two attached hydrogens (primary N) is 2. The second-order valence-electron chi connectivity index (χ2n) is 1.21. The van der Waals surface area contributed by atoms with E-state index in [-0.39, 0.29) is 5.48 Å². The third kappa shape index (κ3) is 5.01. The number of primary amides is 1. The van der Waals surface area contributed by atoms with Crippen molar-refractivity contribution in [3.05, 3.63) is 0 Å². The highest BCUT2D eigenvalue weighted by Gasteiger charge is 2.13. The van der Waals surface area contributed by atoms with Gasteiger partial charge in [0.1, 0.15) is 6.02 Å². The maximum Gasteiger partial charge on any atom is 0.321 e. The van der Waals surface area contributed by atoms with E-state index < -0.39 is 24.3 Å². The molecular weight excluding hydrogens is 140 g/mol. The van der Waals surface area contributed by atoms with Crippen LogP contribution in [0.25, 0.3) is 0 Å². The molecule has 1 amide bonds. The zero-order valence-corrected chi connectivity index (χ0v) is 4.92. The van der Waals surface area contributed by atoms with E-state index in [0.29, 0.717) is 0 Å². The first-order valence-electron chi connectivity index (χ1n) is 3.46. The summed E-state index contributed by atoms with van der Waals surface area (Å²) in [4.78, 5) is 20.6. The fourth-order valence-corrected chi connectivity index (χ4v) is 0.186. The highest BCUT2D eigenvalue weighted by molar-refractivity contribution is 5.82. The molecule has 7 N–H and O–H groups in total. The number of carboxylic acids is 1. The number of carbonyl (C=O) groups is 2. The summed E-state index contributed by atoms with van der Waals surface area (Å²) in [7, 11) is 0. The number of amides is 1. The zero-order valence-electron chi connectivity index (χ0n) is 7.92. The Labute approximate surface area is 61.3 Å². The van der Waals surface area contributed by atoms with Crippen molar-refractivity contribution in [3.63, 3.8) is 0 Å². The largest absolute Gasteiger partial charge is 0.480 e. The molecule has 0 aromatic rings. The van der Waals surface area contributed by atoms with Gasteiger partial charge in [0, 0.05) is 2.74 Å². The Hall–Kier alpha value is -1.14. The predicted octanol–water partition coefficient (Wildman–Crippen LogP) is -2.55. The lowest BCUT2D eigenvalue weighted by Crippen LogP contribution is -2.34. The molecular formula is C4H10N2O4. The normalized spacial score (nSPS) is 20.3. The number of rotatable bonds is 3. The van der Waals surface area contributed by atoms with Crippen LogP contribution in [0.3, 0.4) is 0 Å². The summed E-state index contributed by atoms with van der Waals surface area (Å²) in [6, 6.07) is -3.06. The van der Waals surface area contributed by atoms with Gasteiger partial charge in [-0.25, -0.2) is 0 Å². The molecule has 6 nitrogen and oxygen atoms in total. The summed E-state index contributed by atoms with van der Waals surface area (Å²) in [6.45, 7) is 0. The van der Waals surface area contributed by atoms with E-state index >= 15 is 0 Å². The molecule has 60 valence electrons. The maximum atomic E-state index is 10.4. The molecule has 0 aliphatic heterocycles. The van der Waals surface area contributed by atoms with E-state index in [0.717, 1.165) is 0 Å². The standard InChI is InChI=1S/C4H8N2O3.H2O/c5-2(4(8)9)1-3(6)7;/h2H,1,5H2,(H2,6,7)(H,8,9);1H2/t2-;/m0./s1/i1D2,2D;. The minimum absolute atomic E-state index is 0. The molecule has 0 saturated heterocycles. The molecule has 0 aliphatic carbocycles. The van der Waals surface area contributed by atoms with Crippen molar-refractivity contribution >= 4 is 11.9 Å². The molecule has 6 heteroatoms. The number of aliphatic carboxylic acids is 1. The monoisotopic (exact) mass is 153 g/mol. The minimum Gasteiger partial charge on any atom is -0.480 e. The highest BCUT2D eigenvalue weighted by Crippen LogP contribution is 1.84. The molecule has 1 atom stereocenters. The van der Waals surface area contributed by atoms with Gasteiger partial charge in [-0.3, -0.25) is 9.59 Å². The van der Waals surface area contributed by atoms with Crippen LogP contribution in [0, 0.1) is 0 Å². The summed E-state index contributed by atoms with van der Waals surface area (Å²) in [5, 5.41) is 8.27. The Bertz CT molecular complexity index is 205. The van der Waals surface area contributed by atoms with E-state index in [1.165, 1.54) is 0 Å². The molecule has 10 heavy (non-hydrogen) atoms. The molecule has 0 heterocycles. The Morgan fingerprint density at radius 3 is 2.30 bits per heavy atom. The van der Waals surface area contributed by atoms with Gasteiger partial charge >= 0.3 is 5.97 Å². The van der Waals surface area contributed by atoms with Crippen LogP contribution < -0.4 is 11.5 Å². The Kier molecular flexibility index (Phi) is 2.65. The number of carbonyl (C=O) groups excluding carboxylic acids is 1. The first-order chi connectivity index (χ1) is 5.14. The third-order valence-corrected chi connectivity index (χ3v) is 0.488. The van der Waals surface area contributed by atoms with E-state index in [9.17, 15) is 9.59 Å². The topological polar surface area (TPSA) is 138 Å². The van der Waals surface area contributed by atoms with Crippen LogP contribution in [-0.4, -0.2) is 28.5 Å². The van der Waals surface area contributed by atoms with Crippen molar-refractivity contribution in [1.29, 1.82) is 0 Å². The van der Waals surface area contributed by atoms with Crippen molar-refractivity contribution in [2.24, 2.45) is 11.5 Å². The number of hydrogen-bond acceptors (Lipinski definition) is 3. The lowest BCUT2D eigenvalue weighted by Gasteiger charge is -1.99. The summed E-state index contributed by atoms with van der Waals surface area (Å²) in [6.07, 6.45) is -3.10. The molecule has 0 bridgehead atoms. The minimum atomic E-state index is -3.10. The number of hydrogen-bond donors (Lipinski definition) is 3. The van der Waals surface area contributed by atoms with Crippen molar-refractivity contribution in [2.45, 2.75) is 12.4 Å². The molecule has 0 unspecified atom stereocenters. The van der Waals surface area contributed by atoms with Crippen molar-refractivity contribution in [2.75, 3.05) is 0 Å². The summed E-state index contributed by atoms with van der Waals surface area (Å²) in [5.41, 5.74) is 9.25. The predicted molar refractivity (Wildman–Crippen MR) is 33.0 cm³/mol. The zero-order chi connectivity index (χ0) is 10.2. The van der Waals surface area contributed by atoms with Crippen LogP contribution in [0.5, 0.6) is 0 Å². The Morgan fingerprint density at radius 2 is 2.20 bits per heavy atom. The summed E-state index contributed by atoms with van der Waals surface area (Å²) >= 11 is 0. The van der Waals surface area contributed by atoms with Gasteiger partial charge in [-0.15, -0.1) is 0 Å². The molecule has 0 saturated carbocycles. The maximum absolute atomic E-state index is 10.4. The fourth-order valence-electron chi connectivity index (χ4n) is 0.186. The van der Waals surface area contributed by atoms with Gasteiger partial charge in [0.2, 0.25) is 5.91 Å². The molecule has 0 aromatic heterocycles. The van der Waals surface area contributed by atoms with Gasteiger partial charge in [-0.05, 0) is 0 Å². The van der Waals surface area contributed by atoms with Crippen LogP contribution >= 0.6 is 0 Å². The van der Waals surface area contributed by atoms with Gasteiger partial charge < -0.3 is 22.1 Å². The van der Waals surface area contributed by atoms with Gasteiger partial charge in [-0.1, -0.05) is 0 Å². The van der Waals surface area contributed by atoms with Crippen LogP contribution in [0.15, 0.2) is 0 Å². The van der Waals surface area contributed by atoms with Gasteiger partial charge in [-0.2, -0.15) is 0 Å². The smallest absolute Gasteiger partial charge is 0.321 e. The first-order valence-corrected chi connectivity index (χ1v) is 1.96. The van der Waals surface area contributed by atoms with Crippen LogP contribution in [0.4, 0.5) is 0 Å². The molecule has 0 spiro atoms. The Balaban J connectivity index is 0. The van der Waals surface area contributed by atoms with Gasteiger partial charge in [0.05, 0.1) is 7.74 Å². The van der Waals surface area contributed by atoms with E-state index in [1.807, 2.05) is 0 Å². The molecule has 0 aliphatic rings. The van der Waals surface area contributed by atoms with Gasteiger partial charge in [0.25, 0.3) is 0 Å². The van der Waals surface area contributed by atoms with Crippen LogP contribution in [-0.2, 0) is 9.59 Å². The molecule has 0 fully saturated rings. The second-order valence-corrected chi connectivity index (χ2v) is 1.21. The SMILES string of the molecule is O.[2H]C([2H])(C(N)=O)[C@]([2H])(N)C(=O)O. The van der Waals surface area contributed by atoms with Crippen LogP contribution in [0.1, 0.15) is 10.5 Å².